The molecule has 0 aliphatic carbocycles. The van der Waals surface area contributed by atoms with Gasteiger partial charge in [-0.05, 0) is 30.9 Å². The minimum atomic E-state index is -0.667. The smallest absolute Gasteiger partial charge is 0.132 e. The maximum absolute atomic E-state index is 14.1. The molecule has 6 heteroatoms. The van der Waals surface area contributed by atoms with E-state index in [4.69, 9.17) is 15.2 Å². The molecule has 3 nitrogen and oxygen atoms in total. The molecule has 2 saturated heterocycles. The van der Waals surface area contributed by atoms with Gasteiger partial charge >= 0.3 is 0 Å². The fraction of sp³-hybridized carbons (Fsp3) is 0.600. The Morgan fingerprint density at radius 1 is 1.29 bits per heavy atom. The van der Waals surface area contributed by atoms with Crippen molar-refractivity contribution in [2.45, 2.75) is 30.9 Å². The maximum Gasteiger partial charge on any atom is 0.132 e. The van der Waals surface area contributed by atoms with Crippen LogP contribution in [0.25, 0.3) is 0 Å². The molecule has 0 aromatic heterocycles. The molecule has 0 bridgehead atoms. The van der Waals surface area contributed by atoms with Crippen LogP contribution < -0.4 is 5.73 Å². The van der Waals surface area contributed by atoms with Crippen molar-refractivity contribution in [2.24, 2.45) is 11.7 Å². The highest BCUT2D eigenvalue weighted by molar-refractivity contribution is 9.10. The minimum absolute atomic E-state index is 0.00868. The van der Waals surface area contributed by atoms with Crippen LogP contribution in [-0.2, 0) is 9.47 Å². The Hall–Kier alpha value is -0.560. The van der Waals surface area contributed by atoms with E-state index in [1.54, 1.807) is 0 Å². The van der Waals surface area contributed by atoms with Gasteiger partial charge in [0, 0.05) is 35.7 Å². The molecule has 3 unspecified atom stereocenters. The lowest BCUT2D eigenvalue weighted by Crippen LogP contribution is -2.43. The molecule has 2 aliphatic heterocycles. The topological polar surface area (TPSA) is 44.5 Å². The highest BCUT2D eigenvalue weighted by atomic mass is 79.9. The number of nitrogens with two attached hydrogens (primary N) is 1. The molecule has 2 N–H and O–H groups in total. The fourth-order valence-electron chi connectivity index (χ4n) is 3.34. The van der Waals surface area contributed by atoms with E-state index in [2.05, 4.69) is 15.9 Å². The first-order valence-electron chi connectivity index (χ1n) is 7.12. The first-order chi connectivity index (χ1) is 10.0. The van der Waals surface area contributed by atoms with Gasteiger partial charge in [0.05, 0.1) is 12.2 Å². The van der Waals surface area contributed by atoms with E-state index in [1.165, 1.54) is 12.1 Å². The van der Waals surface area contributed by atoms with Crippen LogP contribution in [-0.4, -0.2) is 25.4 Å². The average molecular weight is 362 g/mol. The Kier molecular flexibility index (Phi) is 4.32. The highest BCUT2D eigenvalue weighted by Gasteiger charge is 2.43. The summed E-state index contributed by atoms with van der Waals surface area (Å²) < 4.78 is 39.8. The molecule has 3 rings (SSSR count). The molecule has 1 aromatic carbocycles. The van der Waals surface area contributed by atoms with Gasteiger partial charge in [0.25, 0.3) is 0 Å². The second-order valence-electron chi connectivity index (χ2n) is 5.90. The summed E-state index contributed by atoms with van der Waals surface area (Å²) in [6.45, 7) is 1.77. The Morgan fingerprint density at radius 3 is 2.62 bits per heavy atom. The summed E-state index contributed by atoms with van der Waals surface area (Å²) >= 11 is 3.08. The SMILES string of the molecule is NC(c1c(F)cc(Br)cc1F)C1CCOC2(CCOC2)C1. The molecule has 0 radical (unpaired) electrons. The van der Waals surface area contributed by atoms with Gasteiger partial charge in [-0.15, -0.1) is 0 Å². The van der Waals surface area contributed by atoms with Crippen LogP contribution in [0.3, 0.4) is 0 Å². The lowest BCUT2D eigenvalue weighted by Gasteiger charge is -2.39. The van der Waals surface area contributed by atoms with Gasteiger partial charge in [0.1, 0.15) is 11.6 Å². The number of benzene rings is 1. The monoisotopic (exact) mass is 361 g/mol. The molecule has 0 amide bonds. The van der Waals surface area contributed by atoms with E-state index >= 15 is 0 Å². The van der Waals surface area contributed by atoms with Crippen LogP contribution in [0.4, 0.5) is 8.78 Å². The highest BCUT2D eigenvalue weighted by Crippen LogP contribution is 2.41. The van der Waals surface area contributed by atoms with Gasteiger partial charge in [-0.3, -0.25) is 0 Å². The third kappa shape index (κ3) is 2.99. The molecule has 116 valence electrons. The molecule has 1 aromatic rings. The third-order valence-electron chi connectivity index (χ3n) is 4.48. The number of rotatable bonds is 2. The largest absolute Gasteiger partial charge is 0.378 e. The standard InChI is InChI=1S/C15H18BrF2NO2/c16-10-5-11(17)13(12(18)6-10)14(19)9-1-3-21-15(7-9)2-4-20-8-15/h5-6,9,14H,1-4,7-8,19H2. The molecular formula is C15H18BrF2NO2. The normalized spacial score (nSPS) is 30.8. The lowest BCUT2D eigenvalue weighted by molar-refractivity contribution is -0.102. The Labute approximate surface area is 130 Å². The van der Waals surface area contributed by atoms with Crippen LogP contribution in [0.15, 0.2) is 16.6 Å². The van der Waals surface area contributed by atoms with Crippen molar-refractivity contribution >= 4 is 15.9 Å². The van der Waals surface area contributed by atoms with E-state index in [-0.39, 0.29) is 17.1 Å². The zero-order chi connectivity index (χ0) is 15.0. The van der Waals surface area contributed by atoms with E-state index < -0.39 is 17.7 Å². The molecule has 21 heavy (non-hydrogen) atoms. The van der Waals surface area contributed by atoms with Crippen LogP contribution in [0, 0.1) is 17.6 Å². The van der Waals surface area contributed by atoms with Gasteiger partial charge < -0.3 is 15.2 Å². The second kappa shape index (κ2) is 5.91. The van der Waals surface area contributed by atoms with Crippen LogP contribution in [0.1, 0.15) is 30.9 Å². The van der Waals surface area contributed by atoms with E-state index in [0.29, 0.717) is 37.1 Å². The Bertz CT molecular complexity index is 511. The molecule has 2 heterocycles. The third-order valence-corrected chi connectivity index (χ3v) is 4.94. The van der Waals surface area contributed by atoms with Crippen molar-refractivity contribution in [1.29, 1.82) is 0 Å². The number of hydrogen-bond acceptors (Lipinski definition) is 3. The van der Waals surface area contributed by atoms with Gasteiger partial charge in [-0.2, -0.15) is 0 Å². The Balaban J connectivity index is 1.83. The molecule has 1 spiro atoms. The van der Waals surface area contributed by atoms with Crippen molar-refractivity contribution in [3.63, 3.8) is 0 Å². The van der Waals surface area contributed by atoms with Crippen LogP contribution in [0.5, 0.6) is 0 Å². The summed E-state index contributed by atoms with van der Waals surface area (Å²) in [6, 6.07) is 1.84. The molecule has 0 saturated carbocycles. The van der Waals surface area contributed by atoms with Gasteiger partial charge in [0.2, 0.25) is 0 Å². The minimum Gasteiger partial charge on any atom is -0.378 e. The summed E-state index contributed by atoms with van der Waals surface area (Å²) in [4.78, 5) is 0. The zero-order valence-corrected chi connectivity index (χ0v) is 13.2. The summed E-state index contributed by atoms with van der Waals surface area (Å²) in [6.07, 6.45) is 2.21. The number of ether oxygens (including phenoxy) is 2. The summed E-state index contributed by atoms with van der Waals surface area (Å²) in [5.74, 6) is -1.21. The van der Waals surface area contributed by atoms with Crippen molar-refractivity contribution in [3.8, 4) is 0 Å². The predicted octanol–water partition coefficient (Wildman–Crippen LogP) is 3.31. The van der Waals surface area contributed by atoms with Gasteiger partial charge in [-0.25, -0.2) is 8.78 Å². The number of halogens is 3. The fourth-order valence-corrected chi connectivity index (χ4v) is 3.74. The summed E-state index contributed by atoms with van der Waals surface area (Å²) in [7, 11) is 0. The predicted molar refractivity (Wildman–Crippen MR) is 77.8 cm³/mol. The Morgan fingerprint density at radius 2 is 2.00 bits per heavy atom. The van der Waals surface area contributed by atoms with Crippen molar-refractivity contribution in [2.75, 3.05) is 19.8 Å². The molecule has 2 aliphatic rings. The van der Waals surface area contributed by atoms with Crippen molar-refractivity contribution < 1.29 is 18.3 Å². The van der Waals surface area contributed by atoms with Gasteiger partial charge in [-0.1, -0.05) is 15.9 Å². The van der Waals surface area contributed by atoms with Crippen molar-refractivity contribution in [1.82, 2.24) is 0 Å². The molecule has 3 atom stereocenters. The molecular weight excluding hydrogens is 344 g/mol. The first-order valence-corrected chi connectivity index (χ1v) is 7.92. The zero-order valence-electron chi connectivity index (χ0n) is 11.6. The van der Waals surface area contributed by atoms with E-state index in [0.717, 1.165) is 6.42 Å². The summed E-state index contributed by atoms with van der Waals surface area (Å²) in [5.41, 5.74) is 5.84. The van der Waals surface area contributed by atoms with Crippen molar-refractivity contribution in [3.05, 3.63) is 33.8 Å². The van der Waals surface area contributed by atoms with E-state index in [1.807, 2.05) is 0 Å². The number of hydrogen-bond donors (Lipinski definition) is 1. The van der Waals surface area contributed by atoms with Crippen LogP contribution in [0.2, 0.25) is 0 Å². The first kappa shape index (κ1) is 15.3. The lowest BCUT2D eigenvalue weighted by atomic mass is 9.79. The van der Waals surface area contributed by atoms with Gasteiger partial charge in [0.15, 0.2) is 0 Å². The van der Waals surface area contributed by atoms with Crippen LogP contribution >= 0.6 is 15.9 Å². The summed E-state index contributed by atoms with van der Waals surface area (Å²) in [5, 5.41) is 0. The second-order valence-corrected chi connectivity index (χ2v) is 6.81. The molecule has 2 fully saturated rings. The quantitative estimate of drug-likeness (QED) is 0.878. The maximum atomic E-state index is 14.1. The van der Waals surface area contributed by atoms with E-state index in [9.17, 15) is 8.78 Å². The average Bonchev–Trinajstić information content (AvgIpc) is 2.85.